The molecule has 6 aromatic carbocycles. The van der Waals surface area contributed by atoms with Crippen molar-refractivity contribution in [3.05, 3.63) is 163 Å². The summed E-state index contributed by atoms with van der Waals surface area (Å²) in [5.41, 5.74) is 10.7. The monoisotopic (exact) mass is 710 g/mol. The van der Waals surface area contributed by atoms with Gasteiger partial charge in [-0.2, -0.15) is 0 Å². The minimum absolute atomic E-state index is 0.294. The van der Waals surface area contributed by atoms with E-state index >= 15 is 0 Å². The lowest BCUT2D eigenvalue weighted by Crippen LogP contribution is -2.19. The normalized spacial score (nSPS) is 13.6. The fourth-order valence-electron chi connectivity index (χ4n) is 8.75. The number of para-hydroxylation sites is 2. The van der Waals surface area contributed by atoms with E-state index in [9.17, 15) is 0 Å². The lowest BCUT2D eigenvalue weighted by molar-refractivity contribution is 0.415. The summed E-state index contributed by atoms with van der Waals surface area (Å²) in [6.45, 7) is 4.68. The summed E-state index contributed by atoms with van der Waals surface area (Å²) >= 11 is 0. The molecule has 11 rings (SSSR count). The Labute approximate surface area is 318 Å². The average molecular weight is 711 g/mol. The zero-order chi connectivity index (χ0) is 36.8. The molecule has 262 valence electrons. The van der Waals surface area contributed by atoms with E-state index in [-0.39, 0.29) is 5.41 Å². The molecule has 0 saturated carbocycles. The van der Waals surface area contributed by atoms with Crippen molar-refractivity contribution in [3.63, 3.8) is 0 Å². The first kappa shape index (κ1) is 31.5. The number of aromatic nitrogens is 3. The van der Waals surface area contributed by atoms with E-state index < -0.39 is 0 Å². The highest BCUT2D eigenvalue weighted by molar-refractivity contribution is 6.26. The summed E-state index contributed by atoms with van der Waals surface area (Å²) in [6.07, 6.45) is 3.61. The highest BCUT2D eigenvalue weighted by Crippen LogP contribution is 2.58. The first-order chi connectivity index (χ1) is 27.0. The maximum atomic E-state index is 6.81. The molecule has 0 N–H and O–H groups in total. The van der Waals surface area contributed by atoms with Crippen LogP contribution in [0.2, 0.25) is 0 Å². The lowest BCUT2D eigenvalue weighted by Gasteiger charge is -2.34. The molecule has 1 aliphatic heterocycles. The van der Waals surface area contributed by atoms with Crippen LogP contribution in [-0.2, 0) is 5.41 Å². The van der Waals surface area contributed by atoms with Gasteiger partial charge in [-0.15, -0.1) is 0 Å². The van der Waals surface area contributed by atoms with Crippen molar-refractivity contribution in [2.45, 2.75) is 19.3 Å². The number of fused-ring (bicyclic) bond motifs is 11. The first-order valence-corrected chi connectivity index (χ1v) is 18.5. The molecule has 0 saturated heterocycles. The Morgan fingerprint density at radius 3 is 1.80 bits per heavy atom. The SMILES string of the molecule is COc1ccc2c(c1)c1ccccc1c1cc3c(cc21)C(C)(C)c1cc2c(cc1-3)Oc1ccccc1N2c1cc(-c2ccccn2)nc(-c2ccccn2)c1. The van der Waals surface area contributed by atoms with Gasteiger partial charge in [-0.1, -0.05) is 68.4 Å². The smallest absolute Gasteiger partial charge is 0.152 e. The zero-order valence-electron chi connectivity index (χ0n) is 30.5. The number of benzene rings is 6. The number of anilines is 3. The van der Waals surface area contributed by atoms with E-state index in [1.807, 2.05) is 48.5 Å². The van der Waals surface area contributed by atoms with Crippen LogP contribution in [-0.4, -0.2) is 22.1 Å². The first-order valence-electron chi connectivity index (χ1n) is 18.5. The van der Waals surface area contributed by atoms with Crippen LogP contribution in [0, 0.1) is 0 Å². The van der Waals surface area contributed by atoms with Gasteiger partial charge >= 0.3 is 0 Å². The van der Waals surface area contributed by atoms with Crippen molar-refractivity contribution < 1.29 is 9.47 Å². The summed E-state index contributed by atoms with van der Waals surface area (Å²) in [4.78, 5) is 16.8. The Balaban J connectivity index is 1.15. The molecule has 1 aliphatic carbocycles. The van der Waals surface area contributed by atoms with Crippen molar-refractivity contribution in [2.75, 3.05) is 12.0 Å². The number of rotatable bonds is 4. The largest absolute Gasteiger partial charge is 0.497 e. The number of hydrogen-bond donors (Lipinski definition) is 0. The van der Waals surface area contributed by atoms with Crippen molar-refractivity contribution in [1.29, 1.82) is 0 Å². The molecular weight excluding hydrogens is 677 g/mol. The zero-order valence-corrected chi connectivity index (χ0v) is 30.5. The topological polar surface area (TPSA) is 60.4 Å². The van der Waals surface area contributed by atoms with E-state index in [2.05, 4.69) is 120 Å². The van der Waals surface area contributed by atoms with Crippen LogP contribution in [0.15, 0.2) is 152 Å². The van der Waals surface area contributed by atoms with Gasteiger partial charge in [0.2, 0.25) is 0 Å². The Hall–Kier alpha value is -7.05. The number of ether oxygens (including phenoxy) is 2. The second-order valence-corrected chi connectivity index (χ2v) is 14.8. The third-order valence-electron chi connectivity index (χ3n) is 11.4. The van der Waals surface area contributed by atoms with Crippen LogP contribution < -0.4 is 14.4 Å². The third-order valence-corrected chi connectivity index (χ3v) is 11.4. The Bertz CT molecular complexity index is 2970. The summed E-state index contributed by atoms with van der Waals surface area (Å²) in [6, 6.07) is 48.9. The van der Waals surface area contributed by atoms with E-state index in [1.165, 1.54) is 54.6 Å². The van der Waals surface area contributed by atoms with Gasteiger partial charge in [-0.05, 0) is 140 Å². The number of nitrogens with zero attached hydrogens (tertiary/aromatic N) is 4. The van der Waals surface area contributed by atoms with Crippen molar-refractivity contribution in [1.82, 2.24) is 15.0 Å². The second kappa shape index (κ2) is 11.7. The molecule has 0 radical (unpaired) electrons. The molecule has 9 aromatic rings. The van der Waals surface area contributed by atoms with Crippen molar-refractivity contribution in [2.24, 2.45) is 0 Å². The van der Waals surface area contributed by atoms with Gasteiger partial charge in [0.05, 0.1) is 46.9 Å². The van der Waals surface area contributed by atoms with Crippen molar-refractivity contribution >= 4 is 49.4 Å². The van der Waals surface area contributed by atoms with Gasteiger partial charge in [0.25, 0.3) is 0 Å². The molecule has 0 fully saturated rings. The molecule has 4 heterocycles. The van der Waals surface area contributed by atoms with Gasteiger partial charge in [0, 0.05) is 17.8 Å². The average Bonchev–Trinajstić information content (AvgIpc) is 3.45. The quantitative estimate of drug-likeness (QED) is 0.169. The van der Waals surface area contributed by atoms with Crippen LogP contribution in [0.3, 0.4) is 0 Å². The Morgan fingerprint density at radius 1 is 0.509 bits per heavy atom. The van der Waals surface area contributed by atoms with E-state index in [4.69, 9.17) is 14.5 Å². The van der Waals surface area contributed by atoms with E-state index in [0.29, 0.717) is 0 Å². The van der Waals surface area contributed by atoms with Crippen LogP contribution in [0.1, 0.15) is 25.0 Å². The van der Waals surface area contributed by atoms with Gasteiger partial charge in [0.1, 0.15) is 5.75 Å². The van der Waals surface area contributed by atoms with E-state index in [1.54, 1.807) is 19.5 Å². The number of methoxy groups -OCH3 is 1. The maximum Gasteiger partial charge on any atom is 0.152 e. The highest BCUT2D eigenvalue weighted by Gasteiger charge is 2.39. The van der Waals surface area contributed by atoms with Crippen molar-refractivity contribution in [3.8, 4) is 51.2 Å². The van der Waals surface area contributed by atoms with Gasteiger partial charge < -0.3 is 14.4 Å². The predicted molar refractivity (Wildman–Crippen MR) is 222 cm³/mol. The van der Waals surface area contributed by atoms with Gasteiger partial charge in [0.15, 0.2) is 11.5 Å². The minimum Gasteiger partial charge on any atom is -0.497 e. The molecule has 0 spiro atoms. The van der Waals surface area contributed by atoms with E-state index in [0.717, 1.165) is 57.1 Å². The van der Waals surface area contributed by atoms with Crippen LogP contribution >= 0.6 is 0 Å². The minimum atomic E-state index is -0.294. The molecule has 55 heavy (non-hydrogen) atoms. The summed E-state index contributed by atoms with van der Waals surface area (Å²) in [5.74, 6) is 2.44. The molecule has 3 aromatic heterocycles. The molecule has 6 nitrogen and oxygen atoms in total. The molecule has 6 heteroatoms. The summed E-state index contributed by atoms with van der Waals surface area (Å²) in [7, 11) is 1.73. The molecule has 0 atom stereocenters. The summed E-state index contributed by atoms with van der Waals surface area (Å²) in [5, 5.41) is 7.34. The predicted octanol–water partition coefficient (Wildman–Crippen LogP) is 12.6. The van der Waals surface area contributed by atoms with Gasteiger partial charge in [-0.25, -0.2) is 4.98 Å². The molecule has 0 unspecified atom stereocenters. The Morgan fingerprint density at radius 2 is 1.11 bits per heavy atom. The van der Waals surface area contributed by atoms with Gasteiger partial charge in [-0.3, -0.25) is 9.97 Å². The standard InChI is InChI=1S/C49H34N4O2/c1-49(2)39-26-36-33-19-18-30(54-3)24-34(33)31-12-4-5-13-32(31)35(36)25-37(39)38-27-48-46(28-40(38)49)53(45-16-6-7-17-47(45)55-48)29-22-43(41-14-8-10-20-50-41)52-44(23-29)42-15-9-11-21-51-42/h4-28H,1-3H3. The fraction of sp³-hybridized carbons (Fsp3) is 0.0816. The number of pyridine rings is 3. The third kappa shape index (κ3) is 4.71. The molecular formula is C49H34N4O2. The van der Waals surface area contributed by atoms with Crippen LogP contribution in [0.25, 0.3) is 66.2 Å². The molecule has 2 aliphatic rings. The highest BCUT2D eigenvalue weighted by atomic mass is 16.5. The second-order valence-electron chi connectivity index (χ2n) is 14.8. The van der Waals surface area contributed by atoms with Crippen LogP contribution in [0.4, 0.5) is 17.1 Å². The van der Waals surface area contributed by atoms with Crippen LogP contribution in [0.5, 0.6) is 17.2 Å². The molecule has 0 bridgehead atoms. The summed E-state index contributed by atoms with van der Waals surface area (Å²) < 4.78 is 12.5. The lowest BCUT2D eigenvalue weighted by atomic mass is 9.81. The fourth-order valence-corrected chi connectivity index (χ4v) is 8.75. The maximum absolute atomic E-state index is 6.81. The molecule has 0 amide bonds. The number of hydrogen-bond acceptors (Lipinski definition) is 6. The Kier molecular flexibility index (Phi) is 6.71.